The Morgan fingerprint density at radius 3 is 2.88 bits per heavy atom. The normalized spacial score (nSPS) is 10.8. The highest BCUT2D eigenvalue weighted by Gasteiger charge is 2.10. The Balaban J connectivity index is 2.20. The second-order valence-corrected chi connectivity index (χ2v) is 4.04. The number of benzene rings is 1. The molecule has 0 saturated carbocycles. The van der Waals surface area contributed by atoms with Crippen LogP contribution in [0, 0.1) is 10.1 Å². The van der Waals surface area contributed by atoms with Crippen LogP contribution in [0.25, 0.3) is 0 Å². The molecule has 0 aliphatic rings. The number of nitrogens with zero attached hydrogens (tertiary/aromatic N) is 3. The van der Waals surface area contributed by atoms with E-state index in [0.29, 0.717) is 5.56 Å². The summed E-state index contributed by atoms with van der Waals surface area (Å²) in [5.74, 6) is 0.0994. The van der Waals surface area contributed by atoms with Crippen LogP contribution in [-0.2, 0) is 0 Å². The number of hydrogen-bond donors (Lipinski definition) is 1. The molecule has 1 N–H and O–H groups in total. The molecule has 0 amide bonds. The largest absolute Gasteiger partial charge is 0.507 e. The lowest BCUT2D eigenvalue weighted by atomic mass is 10.2. The van der Waals surface area contributed by atoms with Crippen LogP contribution in [0.4, 0.5) is 10.1 Å². The molecule has 0 spiro atoms. The summed E-state index contributed by atoms with van der Waals surface area (Å²) in [6.07, 6.45) is 2.57. The van der Waals surface area contributed by atoms with E-state index in [9.17, 15) is 15.2 Å². The maximum absolute atomic E-state index is 10.4. The van der Waals surface area contributed by atoms with Crippen LogP contribution >= 0.6 is 11.3 Å². The molecule has 0 aliphatic carbocycles. The van der Waals surface area contributed by atoms with Crippen LogP contribution in [0.1, 0.15) is 5.56 Å². The number of aromatic nitrogens is 1. The highest BCUT2D eigenvalue weighted by molar-refractivity contribution is 7.18. The van der Waals surface area contributed by atoms with E-state index in [1.54, 1.807) is 18.2 Å². The summed E-state index contributed by atoms with van der Waals surface area (Å²) < 4.78 is 0. The zero-order valence-electron chi connectivity index (χ0n) is 8.48. The Labute approximate surface area is 100 Å². The van der Waals surface area contributed by atoms with E-state index in [4.69, 9.17) is 0 Å². The highest BCUT2D eigenvalue weighted by Crippen LogP contribution is 2.27. The molecule has 0 saturated heterocycles. The van der Waals surface area contributed by atoms with Crippen molar-refractivity contribution < 1.29 is 10.0 Å². The van der Waals surface area contributed by atoms with Gasteiger partial charge in [-0.3, -0.25) is 10.1 Å². The van der Waals surface area contributed by atoms with Gasteiger partial charge in [0.15, 0.2) is 0 Å². The molecule has 0 aliphatic heterocycles. The predicted octanol–water partition coefficient (Wildman–Crippen LogP) is 2.51. The Morgan fingerprint density at radius 2 is 2.24 bits per heavy atom. The van der Waals surface area contributed by atoms with Gasteiger partial charge >= 0.3 is 5.00 Å². The first-order valence-corrected chi connectivity index (χ1v) is 5.41. The molecule has 2 aromatic rings. The first kappa shape index (κ1) is 11.2. The van der Waals surface area contributed by atoms with E-state index < -0.39 is 4.92 Å². The number of nitro groups is 1. The second kappa shape index (κ2) is 4.71. The third-order valence-corrected chi connectivity index (χ3v) is 2.77. The third kappa shape index (κ3) is 2.64. The number of hydrogen-bond acceptors (Lipinski definition) is 6. The van der Waals surface area contributed by atoms with Crippen LogP contribution < -0.4 is 0 Å². The van der Waals surface area contributed by atoms with Crippen LogP contribution in [0.15, 0.2) is 35.5 Å². The number of phenolic OH excluding ortho intramolecular Hbond substituents is 1. The highest BCUT2D eigenvalue weighted by atomic mass is 32.1. The minimum absolute atomic E-state index is 0.0607. The van der Waals surface area contributed by atoms with Crippen LogP contribution in [-0.4, -0.2) is 21.2 Å². The fourth-order valence-electron chi connectivity index (χ4n) is 1.12. The second-order valence-electron chi connectivity index (χ2n) is 3.06. The molecule has 0 fully saturated rings. The molecular weight excluding hydrogens is 242 g/mol. The minimum Gasteiger partial charge on any atom is -0.507 e. The van der Waals surface area contributed by atoms with Crippen LogP contribution in [0.3, 0.4) is 0 Å². The van der Waals surface area contributed by atoms with Gasteiger partial charge < -0.3 is 5.11 Å². The lowest BCUT2D eigenvalue weighted by Gasteiger charge is -1.94. The Hall–Kier alpha value is -2.28. The monoisotopic (exact) mass is 249 g/mol. The summed E-state index contributed by atoms with van der Waals surface area (Å²) in [6.45, 7) is 0. The maximum atomic E-state index is 10.4. The number of aliphatic imine (C=N–C) groups is 1. The van der Waals surface area contributed by atoms with Gasteiger partial charge in [-0.25, -0.2) is 9.98 Å². The van der Waals surface area contributed by atoms with Crippen molar-refractivity contribution in [2.24, 2.45) is 4.99 Å². The maximum Gasteiger partial charge on any atom is 0.345 e. The summed E-state index contributed by atoms with van der Waals surface area (Å²) >= 11 is 0.876. The number of phenols is 1. The number of para-hydroxylation sites is 1. The molecule has 0 radical (unpaired) electrons. The molecule has 0 unspecified atom stereocenters. The first-order chi connectivity index (χ1) is 8.16. The van der Waals surface area contributed by atoms with E-state index in [-0.39, 0.29) is 15.9 Å². The predicted molar refractivity (Wildman–Crippen MR) is 64.1 cm³/mol. The van der Waals surface area contributed by atoms with E-state index in [0.717, 1.165) is 17.5 Å². The summed E-state index contributed by atoms with van der Waals surface area (Å²) in [4.78, 5) is 17.6. The average Bonchev–Trinajstić information content (AvgIpc) is 2.77. The van der Waals surface area contributed by atoms with Crippen molar-refractivity contribution in [2.75, 3.05) is 0 Å². The number of rotatable bonds is 3. The molecule has 86 valence electrons. The first-order valence-electron chi connectivity index (χ1n) is 4.59. The molecular formula is C10H7N3O3S. The number of thiazole rings is 1. The van der Waals surface area contributed by atoms with E-state index in [2.05, 4.69) is 9.98 Å². The van der Waals surface area contributed by atoms with Crippen molar-refractivity contribution in [3.05, 3.63) is 46.1 Å². The average molecular weight is 249 g/mol. The van der Waals surface area contributed by atoms with E-state index in [1.165, 1.54) is 12.3 Å². The molecule has 6 nitrogen and oxygen atoms in total. The van der Waals surface area contributed by atoms with Gasteiger partial charge in [0.1, 0.15) is 11.9 Å². The minimum atomic E-state index is -0.517. The summed E-state index contributed by atoms with van der Waals surface area (Å²) in [5, 5.41) is 20.1. The topological polar surface area (TPSA) is 88.6 Å². The van der Waals surface area contributed by atoms with Crippen molar-refractivity contribution >= 4 is 27.7 Å². The molecule has 1 aromatic carbocycles. The van der Waals surface area contributed by atoms with Crippen LogP contribution in [0.5, 0.6) is 5.75 Å². The fraction of sp³-hybridized carbons (Fsp3) is 0. The van der Waals surface area contributed by atoms with Gasteiger partial charge in [0.25, 0.3) is 0 Å². The Morgan fingerprint density at radius 1 is 1.47 bits per heavy atom. The van der Waals surface area contributed by atoms with Gasteiger partial charge in [0.2, 0.25) is 5.13 Å². The molecule has 1 heterocycles. The van der Waals surface area contributed by atoms with Crippen molar-refractivity contribution in [3.8, 4) is 5.75 Å². The quantitative estimate of drug-likeness (QED) is 0.514. The summed E-state index contributed by atoms with van der Waals surface area (Å²) in [5.41, 5.74) is 0.533. The third-order valence-electron chi connectivity index (χ3n) is 1.91. The smallest absolute Gasteiger partial charge is 0.345 e. The Kier molecular flexibility index (Phi) is 3.10. The lowest BCUT2D eigenvalue weighted by Crippen LogP contribution is -1.80. The summed E-state index contributed by atoms with van der Waals surface area (Å²) in [7, 11) is 0. The molecule has 7 heteroatoms. The standard InChI is InChI=1S/C10H7N3O3S/c14-8-4-2-1-3-7(8)5-11-10-12-6-9(17-10)13(15)16/h1-6,14H/b11-5+. The van der Waals surface area contributed by atoms with Gasteiger partial charge in [-0.05, 0) is 23.5 Å². The van der Waals surface area contributed by atoms with Gasteiger partial charge in [0, 0.05) is 11.8 Å². The summed E-state index contributed by atoms with van der Waals surface area (Å²) in [6, 6.07) is 6.67. The van der Waals surface area contributed by atoms with E-state index in [1.807, 2.05) is 0 Å². The Bertz CT molecular complexity index is 580. The van der Waals surface area contributed by atoms with E-state index >= 15 is 0 Å². The molecule has 0 atom stereocenters. The lowest BCUT2D eigenvalue weighted by molar-refractivity contribution is -0.380. The van der Waals surface area contributed by atoms with Crippen LogP contribution in [0.2, 0.25) is 0 Å². The van der Waals surface area contributed by atoms with Crippen molar-refractivity contribution in [2.45, 2.75) is 0 Å². The van der Waals surface area contributed by atoms with Gasteiger partial charge in [-0.15, -0.1) is 0 Å². The van der Waals surface area contributed by atoms with Crippen molar-refractivity contribution in [1.82, 2.24) is 4.98 Å². The zero-order valence-corrected chi connectivity index (χ0v) is 9.29. The van der Waals surface area contributed by atoms with Gasteiger partial charge in [0.05, 0.1) is 4.92 Å². The van der Waals surface area contributed by atoms with Gasteiger partial charge in [-0.2, -0.15) is 0 Å². The molecule has 1 aromatic heterocycles. The molecule has 2 rings (SSSR count). The fourth-order valence-corrected chi connectivity index (χ4v) is 1.70. The number of aromatic hydroxyl groups is 1. The van der Waals surface area contributed by atoms with Crippen molar-refractivity contribution in [3.63, 3.8) is 0 Å². The molecule has 0 bridgehead atoms. The SMILES string of the molecule is O=[N+]([O-])c1cnc(/N=C/c2ccccc2O)s1. The van der Waals surface area contributed by atoms with Gasteiger partial charge in [-0.1, -0.05) is 12.1 Å². The van der Waals surface area contributed by atoms with Crippen molar-refractivity contribution in [1.29, 1.82) is 0 Å². The molecule has 17 heavy (non-hydrogen) atoms. The zero-order chi connectivity index (χ0) is 12.3.